The number of amides is 1. The Bertz CT molecular complexity index is 879. The molecule has 3 aromatic rings. The van der Waals surface area contributed by atoms with E-state index in [9.17, 15) is 4.79 Å². The summed E-state index contributed by atoms with van der Waals surface area (Å²) >= 11 is 1.60. The molecule has 0 fully saturated rings. The highest BCUT2D eigenvalue weighted by Crippen LogP contribution is 2.43. The minimum absolute atomic E-state index is 0.0395. The minimum Gasteiger partial charge on any atom is -0.309 e. The zero-order valence-corrected chi connectivity index (χ0v) is 13.8. The largest absolute Gasteiger partial charge is 0.309 e. The Balaban J connectivity index is 1.90. The van der Waals surface area contributed by atoms with Gasteiger partial charge in [0.25, 0.3) is 5.95 Å². The lowest BCUT2D eigenvalue weighted by Gasteiger charge is -2.15. The molecular formula is C17H15N5OS. The van der Waals surface area contributed by atoms with Crippen molar-refractivity contribution in [2.24, 2.45) is 0 Å². The number of carbonyl (C=O) groups is 1. The summed E-state index contributed by atoms with van der Waals surface area (Å²) in [7, 11) is 0. The van der Waals surface area contributed by atoms with Crippen LogP contribution in [-0.2, 0) is 4.79 Å². The molecule has 24 heavy (non-hydrogen) atoms. The van der Waals surface area contributed by atoms with E-state index in [4.69, 9.17) is 0 Å². The van der Waals surface area contributed by atoms with Gasteiger partial charge in [0, 0.05) is 18.0 Å². The van der Waals surface area contributed by atoms with Crippen molar-refractivity contribution in [2.45, 2.75) is 12.2 Å². The second-order valence-corrected chi connectivity index (χ2v) is 6.55. The van der Waals surface area contributed by atoms with Crippen molar-refractivity contribution >= 4 is 23.5 Å². The summed E-state index contributed by atoms with van der Waals surface area (Å²) in [4.78, 5) is 20.7. The van der Waals surface area contributed by atoms with E-state index in [1.165, 1.54) is 0 Å². The molecular weight excluding hydrogens is 322 g/mol. The summed E-state index contributed by atoms with van der Waals surface area (Å²) in [6.45, 7) is 1.95. The fourth-order valence-electron chi connectivity index (χ4n) is 2.82. The molecule has 6 nitrogen and oxygen atoms in total. The lowest BCUT2D eigenvalue weighted by Crippen LogP contribution is -2.16. The van der Waals surface area contributed by atoms with Crippen molar-refractivity contribution in [3.05, 3.63) is 65.6 Å². The lowest BCUT2D eigenvalue weighted by atomic mass is 10.0. The SMILES string of the molecule is Cc1nn(-c2ncccn2)c2c1C(c1ccccc1)SCC(=O)N2. The molecule has 0 radical (unpaired) electrons. The lowest BCUT2D eigenvalue weighted by molar-refractivity contribution is -0.113. The van der Waals surface area contributed by atoms with Crippen molar-refractivity contribution < 1.29 is 4.79 Å². The summed E-state index contributed by atoms with van der Waals surface area (Å²) in [6, 6.07) is 11.9. The number of thioether (sulfide) groups is 1. The van der Waals surface area contributed by atoms with Crippen LogP contribution in [-0.4, -0.2) is 31.4 Å². The Kier molecular flexibility index (Phi) is 3.78. The third-order valence-corrected chi connectivity index (χ3v) is 5.12. The Hall–Kier alpha value is -2.67. The molecule has 1 amide bonds. The molecule has 0 spiro atoms. The molecule has 3 heterocycles. The minimum atomic E-state index is -0.0447. The number of benzene rings is 1. The molecule has 0 saturated carbocycles. The zero-order chi connectivity index (χ0) is 16.5. The third kappa shape index (κ3) is 2.56. The normalized spacial score (nSPS) is 17.0. The smallest absolute Gasteiger partial charge is 0.252 e. The maximum absolute atomic E-state index is 12.2. The maximum atomic E-state index is 12.2. The topological polar surface area (TPSA) is 72.7 Å². The van der Waals surface area contributed by atoms with Gasteiger partial charge in [0.2, 0.25) is 5.91 Å². The summed E-state index contributed by atoms with van der Waals surface area (Å²) in [5.41, 5.74) is 3.02. The van der Waals surface area contributed by atoms with Crippen molar-refractivity contribution in [1.29, 1.82) is 0 Å². The monoisotopic (exact) mass is 337 g/mol. The zero-order valence-electron chi connectivity index (χ0n) is 13.0. The molecule has 1 aliphatic heterocycles. The Labute approximate surface area is 143 Å². The Morgan fingerprint density at radius 2 is 1.92 bits per heavy atom. The van der Waals surface area contributed by atoms with Crippen LogP contribution in [0, 0.1) is 6.92 Å². The average molecular weight is 337 g/mol. The number of rotatable bonds is 2. The van der Waals surface area contributed by atoms with E-state index in [-0.39, 0.29) is 11.2 Å². The first kappa shape index (κ1) is 14.9. The molecule has 0 bridgehead atoms. The number of hydrogen-bond donors (Lipinski definition) is 1. The van der Waals surface area contributed by atoms with Crippen LogP contribution in [0.25, 0.3) is 5.95 Å². The molecule has 1 aromatic carbocycles. The number of anilines is 1. The van der Waals surface area contributed by atoms with E-state index < -0.39 is 0 Å². The highest BCUT2D eigenvalue weighted by molar-refractivity contribution is 8.00. The average Bonchev–Trinajstić information content (AvgIpc) is 2.83. The van der Waals surface area contributed by atoms with E-state index in [0.717, 1.165) is 16.8 Å². The van der Waals surface area contributed by atoms with Gasteiger partial charge in [-0.05, 0) is 18.6 Å². The van der Waals surface area contributed by atoms with Crippen LogP contribution < -0.4 is 5.32 Å². The fraction of sp³-hybridized carbons (Fsp3) is 0.176. The number of fused-ring (bicyclic) bond motifs is 1. The van der Waals surface area contributed by atoms with Gasteiger partial charge < -0.3 is 5.32 Å². The van der Waals surface area contributed by atoms with Gasteiger partial charge in [0.05, 0.1) is 16.7 Å². The molecule has 1 unspecified atom stereocenters. The summed E-state index contributed by atoms with van der Waals surface area (Å²) in [5.74, 6) is 1.45. The molecule has 1 aliphatic rings. The van der Waals surface area contributed by atoms with Gasteiger partial charge in [-0.3, -0.25) is 4.79 Å². The molecule has 7 heteroatoms. The van der Waals surface area contributed by atoms with Gasteiger partial charge in [-0.2, -0.15) is 9.78 Å². The van der Waals surface area contributed by atoms with Crippen LogP contribution in [0.1, 0.15) is 22.1 Å². The maximum Gasteiger partial charge on any atom is 0.252 e. The van der Waals surface area contributed by atoms with Gasteiger partial charge in [0.1, 0.15) is 5.82 Å². The number of aromatic nitrogens is 4. The van der Waals surface area contributed by atoms with E-state index in [1.54, 1.807) is 34.9 Å². The second-order valence-electron chi connectivity index (χ2n) is 5.46. The molecule has 1 atom stereocenters. The highest BCUT2D eigenvalue weighted by Gasteiger charge is 2.30. The molecule has 0 aliphatic carbocycles. The molecule has 4 rings (SSSR count). The van der Waals surface area contributed by atoms with Crippen molar-refractivity contribution in [3.8, 4) is 5.95 Å². The van der Waals surface area contributed by atoms with E-state index in [0.29, 0.717) is 17.5 Å². The molecule has 120 valence electrons. The number of nitrogens with one attached hydrogen (secondary N) is 1. The van der Waals surface area contributed by atoms with Gasteiger partial charge in [0.15, 0.2) is 0 Å². The van der Waals surface area contributed by atoms with Crippen LogP contribution >= 0.6 is 11.8 Å². The van der Waals surface area contributed by atoms with Crippen molar-refractivity contribution in [1.82, 2.24) is 19.7 Å². The van der Waals surface area contributed by atoms with Crippen LogP contribution in [0.15, 0.2) is 48.8 Å². The summed E-state index contributed by atoms with van der Waals surface area (Å²) in [6.07, 6.45) is 3.32. The van der Waals surface area contributed by atoms with Gasteiger partial charge >= 0.3 is 0 Å². The highest BCUT2D eigenvalue weighted by atomic mass is 32.2. The predicted molar refractivity (Wildman–Crippen MR) is 93.3 cm³/mol. The van der Waals surface area contributed by atoms with Crippen molar-refractivity contribution in [3.63, 3.8) is 0 Å². The summed E-state index contributed by atoms with van der Waals surface area (Å²) in [5, 5.41) is 7.59. The van der Waals surface area contributed by atoms with Crippen LogP contribution in [0.2, 0.25) is 0 Å². The van der Waals surface area contributed by atoms with Crippen LogP contribution in [0.4, 0.5) is 5.82 Å². The molecule has 0 saturated heterocycles. The fourth-order valence-corrected chi connectivity index (χ4v) is 4.01. The quantitative estimate of drug-likeness (QED) is 0.778. The van der Waals surface area contributed by atoms with Gasteiger partial charge in [-0.25, -0.2) is 9.97 Å². The first-order valence-electron chi connectivity index (χ1n) is 7.57. The Morgan fingerprint density at radius 1 is 1.17 bits per heavy atom. The van der Waals surface area contributed by atoms with Gasteiger partial charge in [-0.1, -0.05) is 30.3 Å². The standard InChI is InChI=1S/C17H15N5OS/c1-11-14-15(12-6-3-2-4-7-12)24-10-13(23)20-16(14)22(21-11)17-18-8-5-9-19-17/h2-9,15H,10H2,1H3,(H,20,23). The van der Waals surface area contributed by atoms with E-state index >= 15 is 0 Å². The number of nitrogens with zero attached hydrogens (tertiary/aromatic N) is 4. The van der Waals surface area contributed by atoms with Gasteiger partial charge in [-0.15, -0.1) is 11.8 Å². The van der Waals surface area contributed by atoms with Crippen LogP contribution in [0.5, 0.6) is 0 Å². The first-order valence-corrected chi connectivity index (χ1v) is 8.62. The first-order chi connectivity index (χ1) is 11.7. The number of carbonyl (C=O) groups excluding carboxylic acids is 1. The molecule has 2 aromatic heterocycles. The molecule has 1 N–H and O–H groups in total. The third-order valence-electron chi connectivity index (χ3n) is 3.85. The van der Waals surface area contributed by atoms with E-state index in [2.05, 4.69) is 32.5 Å². The van der Waals surface area contributed by atoms with Crippen molar-refractivity contribution in [2.75, 3.05) is 11.1 Å². The van der Waals surface area contributed by atoms with E-state index in [1.807, 2.05) is 25.1 Å². The van der Waals surface area contributed by atoms with Crippen LogP contribution in [0.3, 0.4) is 0 Å². The Morgan fingerprint density at radius 3 is 2.67 bits per heavy atom. The predicted octanol–water partition coefficient (Wildman–Crippen LogP) is 2.75. The number of aryl methyl sites for hydroxylation is 1. The second kappa shape index (κ2) is 6.09. The number of hydrogen-bond acceptors (Lipinski definition) is 5. The summed E-state index contributed by atoms with van der Waals surface area (Å²) < 4.78 is 1.62.